The third-order valence-corrected chi connectivity index (χ3v) is 2.93. The van der Waals surface area contributed by atoms with E-state index in [1.807, 2.05) is 0 Å². The van der Waals surface area contributed by atoms with Crippen molar-refractivity contribution in [2.75, 3.05) is 19.5 Å². The number of hydrogen-bond acceptors (Lipinski definition) is 1. The van der Waals surface area contributed by atoms with Crippen LogP contribution >= 0.6 is 11.6 Å². The molecule has 72 valence electrons. The summed E-state index contributed by atoms with van der Waals surface area (Å²) in [6.45, 7) is 11.4. The van der Waals surface area contributed by atoms with Crippen molar-refractivity contribution in [3.8, 4) is 0 Å². The van der Waals surface area contributed by atoms with Crippen LogP contribution in [-0.4, -0.2) is 29.9 Å². The Labute approximate surface area is 81.4 Å². The monoisotopic (exact) mass is 189 g/mol. The molecular formula is C10H20ClN. The molecule has 0 heterocycles. The molecule has 0 bridgehead atoms. The Morgan fingerprint density at radius 3 is 2.33 bits per heavy atom. The van der Waals surface area contributed by atoms with Gasteiger partial charge in [0.15, 0.2) is 0 Å². The molecule has 0 radical (unpaired) electrons. The summed E-state index contributed by atoms with van der Waals surface area (Å²) in [5, 5.41) is 0. The van der Waals surface area contributed by atoms with Gasteiger partial charge < -0.3 is 0 Å². The van der Waals surface area contributed by atoms with Crippen LogP contribution in [0.4, 0.5) is 0 Å². The van der Waals surface area contributed by atoms with Gasteiger partial charge in [-0.2, -0.15) is 0 Å². The Hall–Kier alpha value is -0.0100. The Kier molecular flexibility index (Phi) is 4.88. The fraction of sp³-hybridized carbons (Fsp3) is 0.800. The molecule has 1 nitrogen and oxygen atoms in total. The lowest BCUT2D eigenvalue weighted by Crippen LogP contribution is -2.41. The fourth-order valence-corrected chi connectivity index (χ4v) is 0.946. The maximum Gasteiger partial charge on any atom is 0.0443 e. The molecule has 0 aromatic carbocycles. The molecule has 0 aliphatic heterocycles. The molecule has 0 atom stereocenters. The van der Waals surface area contributed by atoms with Crippen molar-refractivity contribution < 1.29 is 0 Å². The first-order valence-electron chi connectivity index (χ1n) is 4.38. The van der Waals surface area contributed by atoms with Gasteiger partial charge in [0.2, 0.25) is 0 Å². The maximum atomic E-state index is 5.66. The number of likely N-dealkylation sites (N-methyl/N-ethyl adjacent to an activating group) is 1. The van der Waals surface area contributed by atoms with Gasteiger partial charge in [0.1, 0.15) is 0 Å². The molecule has 0 saturated heterocycles. The normalized spacial score (nSPS) is 12.2. The van der Waals surface area contributed by atoms with Crippen LogP contribution < -0.4 is 0 Å². The molecule has 0 N–H and O–H groups in total. The largest absolute Gasteiger partial charge is 0.297 e. The Balaban J connectivity index is 4.02. The Bertz CT molecular complexity index is 152. The van der Waals surface area contributed by atoms with Crippen LogP contribution in [0.25, 0.3) is 0 Å². The van der Waals surface area contributed by atoms with Crippen molar-refractivity contribution in [2.24, 2.45) is 0 Å². The maximum absolute atomic E-state index is 5.66. The summed E-state index contributed by atoms with van der Waals surface area (Å²) in [5.41, 5.74) is 1.33. The van der Waals surface area contributed by atoms with Crippen LogP contribution in [0.15, 0.2) is 12.2 Å². The molecule has 0 fully saturated rings. The number of nitrogens with zero attached hydrogens (tertiary/aromatic N) is 1. The molecule has 0 unspecified atom stereocenters. The summed E-state index contributed by atoms with van der Waals surface area (Å²) in [6.07, 6.45) is 1.14. The average Bonchev–Trinajstić information content (AvgIpc) is 2.04. The van der Waals surface area contributed by atoms with Crippen molar-refractivity contribution in [3.05, 3.63) is 12.2 Å². The molecule has 0 spiro atoms. The second kappa shape index (κ2) is 4.88. The van der Waals surface area contributed by atoms with Gasteiger partial charge in [0.25, 0.3) is 0 Å². The summed E-state index contributed by atoms with van der Waals surface area (Å²) >= 11 is 5.66. The SMILES string of the molecule is C=C(CCl)CN(C)C(C)(C)CC. The van der Waals surface area contributed by atoms with Gasteiger partial charge in [-0.3, -0.25) is 4.90 Å². The van der Waals surface area contributed by atoms with E-state index >= 15 is 0 Å². The van der Waals surface area contributed by atoms with Gasteiger partial charge in [0.05, 0.1) is 0 Å². The van der Waals surface area contributed by atoms with Crippen LogP contribution in [0.1, 0.15) is 27.2 Å². The quantitative estimate of drug-likeness (QED) is 0.475. The summed E-state index contributed by atoms with van der Waals surface area (Å²) in [4.78, 5) is 2.29. The fourth-order valence-electron chi connectivity index (χ4n) is 0.862. The van der Waals surface area contributed by atoms with E-state index in [1.54, 1.807) is 0 Å². The molecule has 0 aliphatic carbocycles. The first kappa shape index (κ1) is 12.0. The molecule has 0 aromatic heterocycles. The lowest BCUT2D eigenvalue weighted by Gasteiger charge is -2.35. The van der Waals surface area contributed by atoms with Crippen LogP contribution in [0.5, 0.6) is 0 Å². The van der Waals surface area contributed by atoms with Crippen LogP contribution in [0.2, 0.25) is 0 Å². The van der Waals surface area contributed by atoms with E-state index in [2.05, 4.69) is 39.3 Å². The second-order valence-corrected chi connectivity index (χ2v) is 4.17. The standard InChI is InChI=1S/C10H20ClN/c1-6-10(3,4)12(5)8-9(2)7-11/h2,6-8H2,1,3-5H3. The zero-order chi connectivity index (χ0) is 9.78. The third kappa shape index (κ3) is 3.59. The number of hydrogen-bond donors (Lipinski definition) is 0. The minimum Gasteiger partial charge on any atom is -0.297 e. The van der Waals surface area contributed by atoms with Gasteiger partial charge in [-0.1, -0.05) is 13.5 Å². The highest BCUT2D eigenvalue weighted by Gasteiger charge is 2.20. The smallest absolute Gasteiger partial charge is 0.0443 e. The second-order valence-electron chi connectivity index (χ2n) is 3.91. The van der Waals surface area contributed by atoms with Crippen LogP contribution in [0, 0.1) is 0 Å². The van der Waals surface area contributed by atoms with Gasteiger partial charge in [-0.05, 0) is 32.9 Å². The molecule has 0 aromatic rings. The van der Waals surface area contributed by atoms with Crippen molar-refractivity contribution >= 4 is 11.6 Å². The average molecular weight is 190 g/mol. The number of rotatable bonds is 5. The highest BCUT2D eigenvalue weighted by atomic mass is 35.5. The van der Waals surface area contributed by atoms with Gasteiger partial charge in [-0.25, -0.2) is 0 Å². The van der Waals surface area contributed by atoms with E-state index in [0.717, 1.165) is 18.5 Å². The first-order chi connectivity index (χ1) is 5.44. The van der Waals surface area contributed by atoms with Gasteiger partial charge >= 0.3 is 0 Å². The Morgan fingerprint density at radius 1 is 1.50 bits per heavy atom. The van der Waals surface area contributed by atoms with E-state index in [1.165, 1.54) is 0 Å². The van der Waals surface area contributed by atoms with E-state index in [4.69, 9.17) is 11.6 Å². The van der Waals surface area contributed by atoms with Crippen LogP contribution in [0.3, 0.4) is 0 Å². The minimum atomic E-state index is 0.245. The lowest BCUT2D eigenvalue weighted by atomic mass is 9.99. The Morgan fingerprint density at radius 2 is 2.00 bits per heavy atom. The van der Waals surface area contributed by atoms with Crippen molar-refractivity contribution in [1.82, 2.24) is 4.90 Å². The minimum absolute atomic E-state index is 0.245. The van der Waals surface area contributed by atoms with E-state index < -0.39 is 0 Å². The van der Waals surface area contributed by atoms with Crippen molar-refractivity contribution in [2.45, 2.75) is 32.7 Å². The predicted octanol–water partition coefficient (Wildman–Crippen LogP) is 2.90. The summed E-state index contributed by atoms with van der Waals surface area (Å²) in [6, 6.07) is 0. The summed E-state index contributed by atoms with van der Waals surface area (Å²) in [7, 11) is 2.11. The van der Waals surface area contributed by atoms with Crippen molar-refractivity contribution in [3.63, 3.8) is 0 Å². The number of alkyl halides is 1. The van der Waals surface area contributed by atoms with Gasteiger partial charge in [0, 0.05) is 18.0 Å². The highest BCUT2D eigenvalue weighted by molar-refractivity contribution is 6.19. The molecule has 0 aliphatic rings. The predicted molar refractivity (Wildman–Crippen MR) is 56.9 cm³/mol. The van der Waals surface area contributed by atoms with Crippen LogP contribution in [-0.2, 0) is 0 Å². The molecule has 0 rings (SSSR count). The third-order valence-electron chi connectivity index (χ3n) is 2.55. The molecular weight excluding hydrogens is 170 g/mol. The first-order valence-corrected chi connectivity index (χ1v) is 4.91. The van der Waals surface area contributed by atoms with E-state index in [9.17, 15) is 0 Å². The molecule has 12 heavy (non-hydrogen) atoms. The van der Waals surface area contributed by atoms with E-state index in [0.29, 0.717) is 5.88 Å². The van der Waals surface area contributed by atoms with E-state index in [-0.39, 0.29) is 5.54 Å². The molecule has 0 saturated carbocycles. The number of halogens is 1. The highest BCUT2D eigenvalue weighted by Crippen LogP contribution is 2.17. The molecule has 2 heteroatoms. The topological polar surface area (TPSA) is 3.24 Å². The zero-order valence-corrected chi connectivity index (χ0v) is 9.41. The zero-order valence-electron chi connectivity index (χ0n) is 8.65. The van der Waals surface area contributed by atoms with Crippen molar-refractivity contribution in [1.29, 1.82) is 0 Å². The summed E-state index contributed by atoms with van der Waals surface area (Å²) in [5.74, 6) is 0.560. The lowest BCUT2D eigenvalue weighted by molar-refractivity contribution is 0.165. The molecule has 0 amide bonds. The van der Waals surface area contributed by atoms with Gasteiger partial charge in [-0.15, -0.1) is 11.6 Å². The summed E-state index contributed by atoms with van der Waals surface area (Å²) < 4.78 is 0.